The summed E-state index contributed by atoms with van der Waals surface area (Å²) in [7, 11) is 0. The molecular weight excluding hydrogens is 254 g/mol. The van der Waals surface area contributed by atoms with E-state index in [0.717, 1.165) is 6.42 Å². The average Bonchev–Trinajstić information content (AvgIpc) is 2.36. The van der Waals surface area contributed by atoms with Gasteiger partial charge in [0.1, 0.15) is 6.04 Å². The Labute approximate surface area is 113 Å². The third-order valence-corrected chi connectivity index (χ3v) is 3.08. The third-order valence-electron chi connectivity index (χ3n) is 3.08. The standard InChI is InChI=1S/C6H13NO2.C6H12O4/c1-3-4(2)5(7)6(8)9;1-3-6(2,10)4(7)5(8)9/h4-5H,3,7H2,1-2H3,(H,8,9);4,7,10H,3H2,1-2H3,(H,8,9). The first-order valence-corrected chi connectivity index (χ1v) is 6.12. The van der Waals surface area contributed by atoms with Crippen LogP contribution < -0.4 is 5.73 Å². The van der Waals surface area contributed by atoms with E-state index in [-0.39, 0.29) is 12.3 Å². The zero-order chi connectivity index (χ0) is 15.8. The minimum atomic E-state index is -1.70. The zero-order valence-corrected chi connectivity index (χ0v) is 11.8. The van der Waals surface area contributed by atoms with Crippen molar-refractivity contribution in [2.45, 2.75) is 58.3 Å². The highest BCUT2D eigenvalue weighted by Crippen LogP contribution is 2.13. The van der Waals surface area contributed by atoms with Crippen LogP contribution in [-0.4, -0.2) is 50.1 Å². The third kappa shape index (κ3) is 7.76. The second kappa shape index (κ2) is 8.84. The molecule has 0 fully saturated rings. The smallest absolute Gasteiger partial charge is 0.335 e. The normalized spacial score (nSPS) is 18.3. The first-order valence-electron chi connectivity index (χ1n) is 6.12. The van der Waals surface area contributed by atoms with Crippen molar-refractivity contribution in [3.8, 4) is 0 Å². The summed E-state index contributed by atoms with van der Waals surface area (Å²) in [5, 5.41) is 34.5. The largest absolute Gasteiger partial charge is 0.480 e. The van der Waals surface area contributed by atoms with Crippen molar-refractivity contribution in [3.05, 3.63) is 0 Å². The molecule has 0 spiro atoms. The summed E-state index contributed by atoms with van der Waals surface area (Å²) in [5.41, 5.74) is 3.75. The van der Waals surface area contributed by atoms with Crippen LogP contribution in [0.15, 0.2) is 0 Å². The number of nitrogens with two attached hydrogens (primary N) is 1. The van der Waals surface area contributed by atoms with Gasteiger partial charge in [0, 0.05) is 0 Å². The van der Waals surface area contributed by atoms with Crippen molar-refractivity contribution in [2.75, 3.05) is 0 Å². The van der Waals surface area contributed by atoms with E-state index in [2.05, 4.69) is 0 Å². The topological polar surface area (TPSA) is 141 Å². The Morgan fingerprint density at radius 1 is 1.21 bits per heavy atom. The van der Waals surface area contributed by atoms with Crippen LogP contribution in [0.2, 0.25) is 0 Å². The maximum Gasteiger partial charge on any atom is 0.335 e. The van der Waals surface area contributed by atoms with Crippen LogP contribution in [0.1, 0.15) is 40.5 Å². The molecule has 6 N–H and O–H groups in total. The lowest BCUT2D eigenvalue weighted by atomic mass is 9.96. The quantitative estimate of drug-likeness (QED) is 0.462. The Balaban J connectivity index is 0. The molecule has 4 unspecified atom stereocenters. The number of aliphatic carboxylic acids is 2. The molecule has 0 amide bonds. The number of aliphatic hydroxyl groups is 2. The van der Waals surface area contributed by atoms with Crippen LogP contribution in [-0.2, 0) is 9.59 Å². The molecule has 0 aromatic rings. The summed E-state index contributed by atoms with van der Waals surface area (Å²) in [6.07, 6.45) is -0.675. The lowest BCUT2D eigenvalue weighted by Crippen LogP contribution is -2.43. The summed E-state index contributed by atoms with van der Waals surface area (Å²) < 4.78 is 0. The summed E-state index contributed by atoms with van der Waals surface area (Å²) >= 11 is 0. The van der Waals surface area contributed by atoms with E-state index in [1.165, 1.54) is 6.92 Å². The molecule has 0 heterocycles. The molecule has 0 saturated carbocycles. The average molecular weight is 279 g/mol. The molecule has 0 aliphatic heterocycles. The molecule has 0 aliphatic carbocycles. The number of rotatable bonds is 6. The molecule has 0 aromatic carbocycles. The van der Waals surface area contributed by atoms with Crippen LogP contribution >= 0.6 is 0 Å². The highest BCUT2D eigenvalue weighted by Gasteiger charge is 2.33. The van der Waals surface area contributed by atoms with E-state index in [0.29, 0.717) is 0 Å². The van der Waals surface area contributed by atoms with Gasteiger partial charge in [-0.3, -0.25) is 4.79 Å². The zero-order valence-electron chi connectivity index (χ0n) is 11.8. The lowest BCUT2D eigenvalue weighted by Gasteiger charge is -2.23. The molecule has 0 radical (unpaired) electrons. The summed E-state index contributed by atoms with van der Waals surface area (Å²) in [5.74, 6) is -2.24. The minimum Gasteiger partial charge on any atom is -0.480 e. The van der Waals surface area contributed by atoms with Crippen LogP contribution in [0.4, 0.5) is 0 Å². The first-order chi connectivity index (χ1) is 8.51. The van der Waals surface area contributed by atoms with Crippen molar-refractivity contribution in [1.82, 2.24) is 0 Å². The summed E-state index contributed by atoms with van der Waals surface area (Å²) in [4.78, 5) is 20.3. The van der Waals surface area contributed by atoms with E-state index >= 15 is 0 Å². The van der Waals surface area contributed by atoms with Crippen LogP contribution in [0.5, 0.6) is 0 Å². The number of hydrogen-bond acceptors (Lipinski definition) is 5. The van der Waals surface area contributed by atoms with Crippen LogP contribution in [0.25, 0.3) is 0 Å². The van der Waals surface area contributed by atoms with E-state index in [1.54, 1.807) is 6.92 Å². The Kier molecular flexibility index (Phi) is 9.37. The van der Waals surface area contributed by atoms with Gasteiger partial charge in [-0.25, -0.2) is 4.79 Å². The lowest BCUT2D eigenvalue weighted by molar-refractivity contribution is -0.161. The Morgan fingerprint density at radius 3 is 1.74 bits per heavy atom. The fourth-order valence-corrected chi connectivity index (χ4v) is 0.957. The predicted octanol–water partition coefficient (Wildman–Crippen LogP) is 0.0373. The molecular formula is C12H25NO6. The molecule has 0 rings (SSSR count). The fourth-order valence-electron chi connectivity index (χ4n) is 0.957. The van der Waals surface area contributed by atoms with Gasteiger partial charge in [-0.1, -0.05) is 27.2 Å². The van der Waals surface area contributed by atoms with Gasteiger partial charge in [-0.2, -0.15) is 0 Å². The van der Waals surface area contributed by atoms with Gasteiger partial charge in [-0.05, 0) is 19.3 Å². The highest BCUT2D eigenvalue weighted by molar-refractivity contribution is 5.73. The minimum absolute atomic E-state index is 0.0718. The van der Waals surface area contributed by atoms with Crippen molar-refractivity contribution in [3.63, 3.8) is 0 Å². The number of hydrogen-bond donors (Lipinski definition) is 5. The van der Waals surface area contributed by atoms with E-state index in [1.807, 2.05) is 13.8 Å². The number of carboxylic acids is 2. The van der Waals surface area contributed by atoms with E-state index in [9.17, 15) is 9.59 Å². The van der Waals surface area contributed by atoms with Gasteiger partial charge < -0.3 is 26.2 Å². The van der Waals surface area contributed by atoms with E-state index < -0.39 is 29.7 Å². The van der Waals surface area contributed by atoms with Crippen molar-refractivity contribution in [1.29, 1.82) is 0 Å². The van der Waals surface area contributed by atoms with Crippen molar-refractivity contribution in [2.24, 2.45) is 11.7 Å². The van der Waals surface area contributed by atoms with Gasteiger partial charge in [0.15, 0.2) is 6.10 Å². The van der Waals surface area contributed by atoms with Crippen molar-refractivity contribution >= 4 is 11.9 Å². The Bertz CT molecular complexity index is 292. The van der Waals surface area contributed by atoms with Gasteiger partial charge in [0.25, 0.3) is 0 Å². The first kappa shape index (κ1) is 20.1. The Morgan fingerprint density at radius 2 is 1.63 bits per heavy atom. The van der Waals surface area contributed by atoms with Gasteiger partial charge in [0.2, 0.25) is 0 Å². The number of carbonyl (C=O) groups is 2. The van der Waals surface area contributed by atoms with E-state index in [4.69, 9.17) is 26.2 Å². The number of carboxylic acid groups (broad SMARTS) is 2. The SMILES string of the molecule is CCC(C)(O)C(O)C(=O)O.CCC(C)C(N)C(=O)O. The summed E-state index contributed by atoms with van der Waals surface area (Å²) in [6.45, 7) is 6.64. The van der Waals surface area contributed by atoms with Gasteiger partial charge in [-0.15, -0.1) is 0 Å². The molecule has 0 saturated heterocycles. The van der Waals surface area contributed by atoms with Crippen LogP contribution in [0, 0.1) is 5.92 Å². The molecule has 114 valence electrons. The fraction of sp³-hybridized carbons (Fsp3) is 0.833. The molecule has 0 aliphatic rings. The monoisotopic (exact) mass is 279 g/mol. The molecule has 0 aromatic heterocycles. The van der Waals surface area contributed by atoms with Crippen LogP contribution in [0.3, 0.4) is 0 Å². The molecule has 19 heavy (non-hydrogen) atoms. The van der Waals surface area contributed by atoms with Gasteiger partial charge >= 0.3 is 11.9 Å². The highest BCUT2D eigenvalue weighted by atomic mass is 16.4. The molecule has 0 bridgehead atoms. The predicted molar refractivity (Wildman–Crippen MR) is 69.6 cm³/mol. The summed E-state index contributed by atoms with van der Waals surface area (Å²) in [6, 6.07) is -0.699. The maximum absolute atomic E-state index is 10.2. The Hall–Kier alpha value is -1.18. The molecule has 7 nitrogen and oxygen atoms in total. The maximum atomic E-state index is 10.2. The molecule has 7 heteroatoms. The van der Waals surface area contributed by atoms with Gasteiger partial charge in [0.05, 0.1) is 5.60 Å². The second-order valence-electron chi connectivity index (χ2n) is 4.70. The van der Waals surface area contributed by atoms with Crippen molar-refractivity contribution < 1.29 is 30.0 Å². The second-order valence-corrected chi connectivity index (χ2v) is 4.70. The number of aliphatic hydroxyl groups excluding tert-OH is 1. The molecule has 4 atom stereocenters.